The lowest BCUT2D eigenvalue weighted by molar-refractivity contribution is 0.214. The molecule has 100 valence electrons. The van der Waals surface area contributed by atoms with Gasteiger partial charge in [0.2, 0.25) is 0 Å². The average molecular weight is 248 g/mol. The molecular formula is C14H24N4. The highest BCUT2D eigenvalue weighted by molar-refractivity contribution is 5.51. The summed E-state index contributed by atoms with van der Waals surface area (Å²) in [6.45, 7) is 11.6. The van der Waals surface area contributed by atoms with E-state index >= 15 is 0 Å². The standard InChI is InChI=1S/C14H24N4/c1-12-4-5-16-10-13(12)18-8-6-17(7-9-18)11-14(2,3)15/h4-5,10H,6-9,11,15H2,1-3H3. The van der Waals surface area contributed by atoms with Crippen molar-refractivity contribution in [2.45, 2.75) is 26.3 Å². The summed E-state index contributed by atoms with van der Waals surface area (Å²) < 4.78 is 0. The van der Waals surface area contributed by atoms with Gasteiger partial charge in [-0.1, -0.05) is 0 Å². The number of anilines is 1. The summed E-state index contributed by atoms with van der Waals surface area (Å²) in [7, 11) is 0. The predicted molar refractivity (Wildman–Crippen MR) is 75.9 cm³/mol. The number of piperazine rings is 1. The molecule has 4 heteroatoms. The van der Waals surface area contributed by atoms with E-state index in [1.54, 1.807) is 0 Å². The minimum absolute atomic E-state index is 0.105. The second-order valence-electron chi connectivity index (χ2n) is 5.91. The molecule has 1 aromatic heterocycles. The molecule has 0 aromatic carbocycles. The summed E-state index contributed by atoms with van der Waals surface area (Å²) in [5.74, 6) is 0. The van der Waals surface area contributed by atoms with E-state index < -0.39 is 0 Å². The van der Waals surface area contributed by atoms with Gasteiger partial charge in [-0.2, -0.15) is 0 Å². The Morgan fingerprint density at radius 1 is 1.28 bits per heavy atom. The summed E-state index contributed by atoms with van der Waals surface area (Å²) in [6.07, 6.45) is 3.82. The van der Waals surface area contributed by atoms with Gasteiger partial charge in [0, 0.05) is 44.5 Å². The molecule has 1 aliphatic rings. The summed E-state index contributed by atoms with van der Waals surface area (Å²) in [6, 6.07) is 2.07. The fourth-order valence-corrected chi connectivity index (χ4v) is 2.51. The molecule has 1 aromatic rings. The van der Waals surface area contributed by atoms with Crippen molar-refractivity contribution < 1.29 is 0 Å². The summed E-state index contributed by atoms with van der Waals surface area (Å²) in [5.41, 5.74) is 8.54. The number of hydrogen-bond acceptors (Lipinski definition) is 4. The van der Waals surface area contributed by atoms with Crippen LogP contribution in [0.5, 0.6) is 0 Å². The SMILES string of the molecule is Cc1ccncc1N1CCN(CC(C)(C)N)CC1. The van der Waals surface area contributed by atoms with Crippen LogP contribution in [0, 0.1) is 6.92 Å². The first-order chi connectivity index (χ1) is 8.46. The fourth-order valence-electron chi connectivity index (χ4n) is 2.51. The van der Waals surface area contributed by atoms with E-state index in [-0.39, 0.29) is 5.54 Å². The van der Waals surface area contributed by atoms with E-state index in [1.807, 2.05) is 12.4 Å². The highest BCUT2D eigenvalue weighted by atomic mass is 15.3. The first kappa shape index (κ1) is 13.3. The summed E-state index contributed by atoms with van der Waals surface area (Å²) >= 11 is 0. The molecule has 18 heavy (non-hydrogen) atoms. The first-order valence-corrected chi connectivity index (χ1v) is 6.62. The molecule has 4 nitrogen and oxygen atoms in total. The van der Waals surface area contributed by atoms with Gasteiger partial charge in [0.05, 0.1) is 11.9 Å². The fraction of sp³-hybridized carbons (Fsp3) is 0.643. The van der Waals surface area contributed by atoms with Gasteiger partial charge >= 0.3 is 0 Å². The quantitative estimate of drug-likeness (QED) is 0.874. The van der Waals surface area contributed by atoms with Crippen molar-refractivity contribution in [3.05, 3.63) is 24.0 Å². The normalized spacial score (nSPS) is 18.1. The Bertz CT molecular complexity index is 389. The number of nitrogens with two attached hydrogens (primary N) is 1. The number of pyridine rings is 1. The molecule has 1 aliphatic heterocycles. The number of aromatic nitrogens is 1. The minimum Gasteiger partial charge on any atom is -0.368 e. The second kappa shape index (κ2) is 5.24. The van der Waals surface area contributed by atoms with Gasteiger partial charge in [0.15, 0.2) is 0 Å². The van der Waals surface area contributed by atoms with Crippen molar-refractivity contribution in [3.63, 3.8) is 0 Å². The van der Waals surface area contributed by atoms with E-state index in [9.17, 15) is 0 Å². The maximum atomic E-state index is 6.07. The number of hydrogen-bond donors (Lipinski definition) is 1. The van der Waals surface area contributed by atoms with Crippen LogP contribution in [0.3, 0.4) is 0 Å². The molecule has 2 rings (SSSR count). The van der Waals surface area contributed by atoms with Gasteiger partial charge in [-0.05, 0) is 32.4 Å². The Labute approximate surface area is 110 Å². The van der Waals surface area contributed by atoms with Crippen LogP contribution in [-0.4, -0.2) is 48.1 Å². The van der Waals surface area contributed by atoms with Crippen LogP contribution in [0.15, 0.2) is 18.5 Å². The zero-order valence-electron chi connectivity index (χ0n) is 11.7. The Morgan fingerprint density at radius 3 is 2.50 bits per heavy atom. The van der Waals surface area contributed by atoms with Gasteiger partial charge in [0.25, 0.3) is 0 Å². The van der Waals surface area contributed by atoms with Crippen LogP contribution in [0.2, 0.25) is 0 Å². The van der Waals surface area contributed by atoms with Crippen molar-refractivity contribution in [1.29, 1.82) is 0 Å². The number of aryl methyl sites for hydroxylation is 1. The number of rotatable bonds is 3. The van der Waals surface area contributed by atoms with Crippen molar-refractivity contribution in [3.8, 4) is 0 Å². The second-order valence-corrected chi connectivity index (χ2v) is 5.91. The van der Waals surface area contributed by atoms with Crippen molar-refractivity contribution >= 4 is 5.69 Å². The topological polar surface area (TPSA) is 45.4 Å². The Morgan fingerprint density at radius 2 is 1.94 bits per heavy atom. The zero-order chi connectivity index (χ0) is 13.2. The molecule has 0 spiro atoms. The van der Waals surface area contributed by atoms with Crippen molar-refractivity contribution in [2.24, 2.45) is 5.73 Å². The Kier molecular flexibility index (Phi) is 3.88. The van der Waals surface area contributed by atoms with Crippen LogP contribution >= 0.6 is 0 Å². The van der Waals surface area contributed by atoms with Crippen LogP contribution < -0.4 is 10.6 Å². The molecule has 2 N–H and O–H groups in total. The van der Waals surface area contributed by atoms with Crippen LogP contribution in [0.4, 0.5) is 5.69 Å². The lowest BCUT2D eigenvalue weighted by Crippen LogP contribution is -2.53. The molecule has 0 aliphatic carbocycles. The van der Waals surface area contributed by atoms with Gasteiger partial charge in [0.1, 0.15) is 0 Å². The predicted octanol–water partition coefficient (Wildman–Crippen LogP) is 1.25. The Hall–Kier alpha value is -1.13. The lowest BCUT2D eigenvalue weighted by atomic mass is 10.1. The molecule has 0 atom stereocenters. The maximum absolute atomic E-state index is 6.07. The average Bonchev–Trinajstić information content (AvgIpc) is 2.29. The van der Waals surface area contributed by atoms with E-state index in [0.29, 0.717) is 0 Å². The zero-order valence-corrected chi connectivity index (χ0v) is 11.7. The number of nitrogens with zero attached hydrogens (tertiary/aromatic N) is 3. The lowest BCUT2D eigenvalue weighted by Gasteiger charge is -2.39. The van der Waals surface area contributed by atoms with Gasteiger partial charge < -0.3 is 10.6 Å². The monoisotopic (exact) mass is 248 g/mol. The summed E-state index contributed by atoms with van der Waals surface area (Å²) in [4.78, 5) is 9.09. The van der Waals surface area contributed by atoms with Crippen LogP contribution in [0.25, 0.3) is 0 Å². The molecule has 1 fully saturated rings. The molecule has 0 saturated carbocycles. The van der Waals surface area contributed by atoms with Crippen molar-refractivity contribution in [1.82, 2.24) is 9.88 Å². The highest BCUT2D eigenvalue weighted by Crippen LogP contribution is 2.19. The minimum atomic E-state index is -0.105. The van der Waals surface area contributed by atoms with Crippen molar-refractivity contribution in [2.75, 3.05) is 37.6 Å². The third-order valence-electron chi connectivity index (χ3n) is 3.36. The maximum Gasteiger partial charge on any atom is 0.0583 e. The molecular weight excluding hydrogens is 224 g/mol. The Balaban J connectivity index is 1.93. The summed E-state index contributed by atoms with van der Waals surface area (Å²) in [5, 5.41) is 0. The van der Waals surface area contributed by atoms with E-state index in [4.69, 9.17) is 5.73 Å². The molecule has 0 amide bonds. The molecule has 0 bridgehead atoms. The van der Waals surface area contributed by atoms with Gasteiger partial charge in [-0.3, -0.25) is 9.88 Å². The van der Waals surface area contributed by atoms with E-state index in [1.165, 1.54) is 11.3 Å². The third kappa shape index (κ3) is 3.43. The molecule has 0 unspecified atom stereocenters. The van der Waals surface area contributed by atoms with Crippen LogP contribution in [-0.2, 0) is 0 Å². The van der Waals surface area contributed by atoms with Gasteiger partial charge in [-0.15, -0.1) is 0 Å². The highest BCUT2D eigenvalue weighted by Gasteiger charge is 2.22. The smallest absolute Gasteiger partial charge is 0.0583 e. The first-order valence-electron chi connectivity index (χ1n) is 6.62. The third-order valence-corrected chi connectivity index (χ3v) is 3.36. The largest absolute Gasteiger partial charge is 0.368 e. The molecule has 0 radical (unpaired) electrons. The van der Waals surface area contributed by atoms with Crippen LogP contribution in [0.1, 0.15) is 19.4 Å². The molecule has 2 heterocycles. The van der Waals surface area contributed by atoms with E-state index in [0.717, 1.165) is 32.7 Å². The van der Waals surface area contributed by atoms with E-state index in [2.05, 4.69) is 41.6 Å². The van der Waals surface area contributed by atoms with Gasteiger partial charge in [-0.25, -0.2) is 0 Å². The molecule has 1 saturated heterocycles.